The Morgan fingerprint density at radius 2 is 1.69 bits per heavy atom. The highest BCUT2D eigenvalue weighted by atomic mass is 35.5. The van der Waals surface area contributed by atoms with Gasteiger partial charge in [-0.15, -0.1) is 0 Å². The Balaban J connectivity index is 1.73. The van der Waals surface area contributed by atoms with Crippen LogP contribution in [0.25, 0.3) is 0 Å². The molecule has 0 fully saturated rings. The Labute approximate surface area is 193 Å². The predicted molar refractivity (Wildman–Crippen MR) is 120 cm³/mol. The molecule has 3 aromatic rings. The molecule has 9 heteroatoms. The normalized spacial score (nSPS) is 17.3. The molecule has 162 valence electrons. The maximum Gasteiger partial charge on any atom is 0.280 e. The molecule has 1 atom stereocenters. The van der Waals surface area contributed by atoms with E-state index in [1.165, 1.54) is 35.2 Å². The first-order valence-electron chi connectivity index (χ1n) is 9.56. The Kier molecular flexibility index (Phi) is 5.73. The number of ketones is 1. The van der Waals surface area contributed by atoms with Crippen LogP contribution in [0, 0.1) is 10.1 Å². The van der Waals surface area contributed by atoms with E-state index in [0.717, 1.165) is 5.56 Å². The number of rotatable bonds is 6. The molecule has 1 N–H and O–H groups in total. The highest BCUT2D eigenvalue weighted by molar-refractivity contribution is 6.31. The molecule has 32 heavy (non-hydrogen) atoms. The summed E-state index contributed by atoms with van der Waals surface area (Å²) < 4.78 is 0. The van der Waals surface area contributed by atoms with E-state index in [-0.39, 0.29) is 22.7 Å². The van der Waals surface area contributed by atoms with E-state index < -0.39 is 34.3 Å². The maximum absolute atomic E-state index is 13.4. The summed E-state index contributed by atoms with van der Waals surface area (Å²) in [6, 6.07) is 16.9. The molecule has 3 aromatic carbocycles. The zero-order chi connectivity index (χ0) is 23.0. The Bertz CT molecular complexity index is 1250. The highest BCUT2D eigenvalue weighted by Crippen LogP contribution is 2.45. The van der Waals surface area contributed by atoms with Gasteiger partial charge in [0, 0.05) is 21.7 Å². The lowest BCUT2D eigenvalue weighted by atomic mass is 9.87. The Morgan fingerprint density at radius 1 is 1.03 bits per heavy atom. The van der Waals surface area contributed by atoms with E-state index in [1.54, 1.807) is 36.4 Å². The number of hydrogen-bond donors (Lipinski definition) is 1. The number of amides is 1. The number of nitrogens with zero attached hydrogens (tertiary/aromatic N) is 2. The van der Waals surface area contributed by atoms with E-state index in [9.17, 15) is 24.8 Å². The highest BCUT2D eigenvalue weighted by Gasteiger charge is 2.51. The zero-order valence-corrected chi connectivity index (χ0v) is 18.0. The van der Waals surface area contributed by atoms with Crippen molar-refractivity contribution < 1.29 is 19.6 Å². The number of carbonyl (C=O) groups excluding carboxylic acids is 2. The zero-order valence-electron chi connectivity index (χ0n) is 16.5. The lowest BCUT2D eigenvalue weighted by molar-refractivity contribution is -0.385. The van der Waals surface area contributed by atoms with Gasteiger partial charge in [0.1, 0.15) is 0 Å². The fraction of sp³-hybridized carbons (Fsp3) is 0.130. The molecule has 0 aliphatic carbocycles. The van der Waals surface area contributed by atoms with Crippen LogP contribution in [0.3, 0.4) is 0 Å². The van der Waals surface area contributed by atoms with Crippen molar-refractivity contribution in [1.82, 2.24) is 0 Å². The topological polar surface area (TPSA) is 101 Å². The molecule has 1 heterocycles. The molecule has 0 spiro atoms. The summed E-state index contributed by atoms with van der Waals surface area (Å²) in [6.07, 6.45) is -0.666. The smallest absolute Gasteiger partial charge is 0.280 e. The van der Waals surface area contributed by atoms with E-state index in [0.29, 0.717) is 10.7 Å². The number of hydrogen-bond acceptors (Lipinski definition) is 5. The second-order valence-electron chi connectivity index (χ2n) is 7.41. The summed E-state index contributed by atoms with van der Waals surface area (Å²) in [5.41, 5.74) is -1.44. The summed E-state index contributed by atoms with van der Waals surface area (Å²) >= 11 is 12.0. The van der Waals surface area contributed by atoms with Crippen molar-refractivity contribution in [2.24, 2.45) is 0 Å². The molecule has 7 nitrogen and oxygen atoms in total. The van der Waals surface area contributed by atoms with Crippen molar-refractivity contribution in [1.29, 1.82) is 0 Å². The molecule has 0 radical (unpaired) electrons. The fourth-order valence-corrected chi connectivity index (χ4v) is 4.12. The number of fused-ring (bicyclic) bond motifs is 1. The second-order valence-corrected chi connectivity index (χ2v) is 8.29. The van der Waals surface area contributed by atoms with Crippen LogP contribution in [0.4, 0.5) is 11.4 Å². The van der Waals surface area contributed by atoms with Gasteiger partial charge in [0.2, 0.25) is 0 Å². The third-order valence-corrected chi connectivity index (χ3v) is 5.85. The van der Waals surface area contributed by atoms with Crippen molar-refractivity contribution in [2.45, 2.75) is 18.6 Å². The maximum atomic E-state index is 13.4. The van der Waals surface area contributed by atoms with Crippen LogP contribution in [0.2, 0.25) is 10.0 Å². The van der Waals surface area contributed by atoms with E-state index >= 15 is 0 Å². The minimum atomic E-state index is -2.21. The van der Waals surface area contributed by atoms with Crippen LogP contribution in [0.5, 0.6) is 0 Å². The average molecular weight is 471 g/mol. The molecule has 1 aliphatic heterocycles. The fourth-order valence-electron chi connectivity index (χ4n) is 3.82. The standard InChI is InChI=1S/C23H16Cl2N2O5/c24-15-7-5-14(6-8-15)13-26-20-10-9-16(25)11-18(20)23(30,22(26)29)12-21(28)17-3-1-2-4-19(17)27(31)32/h1-11,30H,12-13H2. The lowest BCUT2D eigenvalue weighted by Gasteiger charge is -2.23. The van der Waals surface area contributed by atoms with Gasteiger partial charge in [-0.3, -0.25) is 19.7 Å². The molecular weight excluding hydrogens is 455 g/mol. The van der Waals surface area contributed by atoms with Crippen LogP contribution < -0.4 is 4.90 Å². The van der Waals surface area contributed by atoms with Crippen LogP contribution in [-0.4, -0.2) is 21.7 Å². The average Bonchev–Trinajstić information content (AvgIpc) is 2.96. The number of para-hydroxylation sites is 1. The quantitative estimate of drug-likeness (QED) is 0.313. The largest absolute Gasteiger partial charge is 0.375 e. The molecule has 0 aromatic heterocycles. The summed E-state index contributed by atoms with van der Waals surface area (Å²) in [5, 5.41) is 23.6. The van der Waals surface area contributed by atoms with E-state index in [2.05, 4.69) is 0 Å². The monoisotopic (exact) mass is 470 g/mol. The Hall–Kier alpha value is -3.26. The van der Waals surface area contributed by atoms with Gasteiger partial charge in [-0.25, -0.2) is 0 Å². The van der Waals surface area contributed by atoms with E-state index in [1.807, 2.05) is 0 Å². The minimum Gasteiger partial charge on any atom is -0.375 e. The molecule has 1 amide bonds. The number of nitro groups is 1. The summed E-state index contributed by atoms with van der Waals surface area (Å²) in [5.74, 6) is -1.44. The number of aliphatic hydroxyl groups is 1. The molecule has 0 saturated heterocycles. The molecule has 0 bridgehead atoms. The first-order valence-corrected chi connectivity index (χ1v) is 10.3. The number of benzene rings is 3. The van der Waals surface area contributed by atoms with Crippen molar-refractivity contribution in [3.63, 3.8) is 0 Å². The van der Waals surface area contributed by atoms with Crippen LogP contribution >= 0.6 is 23.2 Å². The van der Waals surface area contributed by atoms with Crippen molar-refractivity contribution in [3.8, 4) is 0 Å². The van der Waals surface area contributed by atoms with Crippen LogP contribution in [-0.2, 0) is 16.9 Å². The van der Waals surface area contributed by atoms with Gasteiger partial charge in [-0.2, -0.15) is 0 Å². The van der Waals surface area contributed by atoms with Crippen LogP contribution in [0.15, 0.2) is 66.7 Å². The van der Waals surface area contributed by atoms with Gasteiger partial charge in [-0.1, -0.05) is 47.5 Å². The van der Waals surface area contributed by atoms with Gasteiger partial charge < -0.3 is 10.0 Å². The molecule has 1 aliphatic rings. The number of halogens is 2. The number of nitro benzene ring substituents is 1. The molecule has 4 rings (SSSR count). The second kappa shape index (κ2) is 8.35. The van der Waals surface area contributed by atoms with Gasteiger partial charge in [-0.05, 0) is 42.0 Å². The van der Waals surface area contributed by atoms with Gasteiger partial charge in [0.05, 0.1) is 29.1 Å². The van der Waals surface area contributed by atoms with Crippen molar-refractivity contribution in [3.05, 3.63) is 104 Å². The minimum absolute atomic E-state index is 0.132. The first kappa shape index (κ1) is 22.0. The summed E-state index contributed by atoms with van der Waals surface area (Å²) in [7, 11) is 0. The van der Waals surface area contributed by atoms with Gasteiger partial charge >= 0.3 is 0 Å². The first-order chi connectivity index (χ1) is 15.2. The van der Waals surface area contributed by atoms with Crippen molar-refractivity contribution in [2.75, 3.05) is 4.90 Å². The summed E-state index contributed by atoms with van der Waals surface area (Å²) in [6.45, 7) is 0.132. The lowest BCUT2D eigenvalue weighted by Crippen LogP contribution is -2.41. The predicted octanol–water partition coefficient (Wildman–Crippen LogP) is 4.91. The number of carbonyl (C=O) groups is 2. The SMILES string of the molecule is O=C(CC1(O)C(=O)N(Cc2ccc(Cl)cc2)c2ccc(Cl)cc21)c1ccccc1[N+](=O)[O-]. The number of Topliss-reactive ketones (excluding diaryl/α,β-unsaturated/α-hetero) is 1. The third kappa shape index (κ3) is 3.86. The van der Waals surface area contributed by atoms with E-state index in [4.69, 9.17) is 23.2 Å². The Morgan fingerprint density at radius 3 is 2.38 bits per heavy atom. The number of anilines is 1. The van der Waals surface area contributed by atoms with Gasteiger partial charge in [0.25, 0.3) is 11.6 Å². The van der Waals surface area contributed by atoms with Crippen molar-refractivity contribution >= 4 is 46.3 Å². The molecular formula is C23H16Cl2N2O5. The summed E-state index contributed by atoms with van der Waals surface area (Å²) in [4.78, 5) is 38.4. The molecule has 1 unspecified atom stereocenters. The third-order valence-electron chi connectivity index (χ3n) is 5.37. The van der Waals surface area contributed by atoms with Gasteiger partial charge in [0.15, 0.2) is 11.4 Å². The van der Waals surface area contributed by atoms with Crippen LogP contribution in [0.1, 0.15) is 27.9 Å². The molecule has 0 saturated carbocycles.